The molecule has 0 aliphatic rings. The minimum Gasteiger partial charge on any atom is -0.508 e. The van der Waals surface area contributed by atoms with Crippen LogP contribution in [-0.2, 0) is 0 Å². The van der Waals surface area contributed by atoms with E-state index in [1.807, 2.05) is 0 Å². The van der Waals surface area contributed by atoms with Gasteiger partial charge in [0.05, 0.1) is 28.3 Å². The maximum absolute atomic E-state index is 11.4. The fourth-order valence-corrected chi connectivity index (χ4v) is 2.53. The lowest BCUT2D eigenvalue weighted by molar-refractivity contribution is -0.393. The topological polar surface area (TPSA) is 176 Å². The summed E-state index contributed by atoms with van der Waals surface area (Å²) in [7, 11) is 0. The number of nitrogens with one attached hydrogen (secondary N) is 2. The summed E-state index contributed by atoms with van der Waals surface area (Å²) in [6.45, 7) is 0. The Hall–Kier alpha value is -5.00. The number of aromatic hydroxyl groups is 2. The first kappa shape index (κ1) is 21.7. The summed E-state index contributed by atoms with van der Waals surface area (Å²) in [6, 6.07) is 14.1. The molecule has 0 unspecified atom stereocenters. The van der Waals surface area contributed by atoms with Crippen molar-refractivity contribution in [2.24, 2.45) is 10.2 Å². The molecule has 0 radical (unpaired) electrons. The monoisotopic (exact) mass is 436 g/mol. The van der Waals surface area contributed by atoms with Crippen LogP contribution in [0.3, 0.4) is 0 Å². The molecule has 0 atom stereocenters. The van der Waals surface area contributed by atoms with Crippen molar-refractivity contribution < 1.29 is 20.1 Å². The van der Waals surface area contributed by atoms with E-state index in [1.165, 1.54) is 36.7 Å². The molecule has 0 spiro atoms. The Morgan fingerprint density at radius 2 is 1.06 bits per heavy atom. The van der Waals surface area contributed by atoms with Gasteiger partial charge in [-0.05, 0) is 59.7 Å². The van der Waals surface area contributed by atoms with Crippen LogP contribution >= 0.6 is 0 Å². The van der Waals surface area contributed by atoms with Crippen LogP contribution in [0.4, 0.5) is 22.7 Å². The Morgan fingerprint density at radius 1 is 0.688 bits per heavy atom. The number of anilines is 2. The minimum absolute atomic E-state index is 0.0738. The Labute approximate surface area is 180 Å². The van der Waals surface area contributed by atoms with Gasteiger partial charge in [-0.3, -0.25) is 31.1 Å². The summed E-state index contributed by atoms with van der Waals surface area (Å²) < 4.78 is 0. The lowest BCUT2D eigenvalue weighted by atomic mass is 10.2. The fraction of sp³-hybridized carbons (Fsp3) is 0. The molecule has 12 nitrogen and oxygen atoms in total. The van der Waals surface area contributed by atoms with E-state index in [0.717, 1.165) is 12.1 Å². The third-order valence-electron chi connectivity index (χ3n) is 4.09. The van der Waals surface area contributed by atoms with Crippen molar-refractivity contribution in [3.63, 3.8) is 0 Å². The van der Waals surface area contributed by atoms with E-state index in [0.29, 0.717) is 11.1 Å². The largest absolute Gasteiger partial charge is 0.508 e. The first-order valence-electron chi connectivity index (χ1n) is 8.96. The number of nitro benzene ring substituents is 2. The molecule has 0 fully saturated rings. The Morgan fingerprint density at radius 3 is 1.41 bits per heavy atom. The van der Waals surface area contributed by atoms with Gasteiger partial charge in [0.15, 0.2) is 0 Å². The summed E-state index contributed by atoms with van der Waals surface area (Å²) in [5, 5.41) is 49.2. The number of hydrazone groups is 2. The molecule has 0 heterocycles. The number of phenols is 2. The second-order valence-electron chi connectivity index (χ2n) is 6.32. The van der Waals surface area contributed by atoms with Gasteiger partial charge in [-0.15, -0.1) is 0 Å². The van der Waals surface area contributed by atoms with E-state index >= 15 is 0 Å². The molecular weight excluding hydrogens is 420 g/mol. The van der Waals surface area contributed by atoms with E-state index < -0.39 is 21.2 Å². The fourth-order valence-electron chi connectivity index (χ4n) is 2.53. The van der Waals surface area contributed by atoms with Crippen molar-refractivity contribution in [1.29, 1.82) is 0 Å². The highest BCUT2D eigenvalue weighted by molar-refractivity contribution is 5.83. The summed E-state index contributed by atoms with van der Waals surface area (Å²) in [6.07, 6.45) is 2.72. The molecule has 4 N–H and O–H groups in total. The molecule has 3 rings (SSSR count). The molecule has 32 heavy (non-hydrogen) atoms. The molecule has 0 aliphatic heterocycles. The van der Waals surface area contributed by atoms with Crippen LogP contribution in [0, 0.1) is 20.2 Å². The highest BCUT2D eigenvalue weighted by atomic mass is 16.6. The maximum Gasteiger partial charge on any atom is 0.301 e. The molecule has 3 aromatic carbocycles. The second kappa shape index (κ2) is 9.67. The van der Waals surface area contributed by atoms with Gasteiger partial charge in [0.25, 0.3) is 0 Å². The first-order valence-corrected chi connectivity index (χ1v) is 8.96. The molecule has 0 aliphatic carbocycles. The molecule has 0 saturated carbocycles. The van der Waals surface area contributed by atoms with Gasteiger partial charge in [0.2, 0.25) is 0 Å². The molecule has 162 valence electrons. The second-order valence-corrected chi connectivity index (χ2v) is 6.32. The molecule has 0 saturated heterocycles. The number of rotatable bonds is 8. The van der Waals surface area contributed by atoms with Gasteiger partial charge in [-0.1, -0.05) is 0 Å². The van der Waals surface area contributed by atoms with Gasteiger partial charge >= 0.3 is 11.4 Å². The minimum atomic E-state index is -0.769. The number of hydrogen-bond donors (Lipinski definition) is 4. The normalized spacial score (nSPS) is 11.0. The third kappa shape index (κ3) is 5.54. The number of hydrogen-bond acceptors (Lipinski definition) is 10. The Kier molecular flexibility index (Phi) is 6.56. The lowest BCUT2D eigenvalue weighted by Crippen LogP contribution is -2.02. The smallest absolute Gasteiger partial charge is 0.301 e. The van der Waals surface area contributed by atoms with E-state index in [1.54, 1.807) is 24.3 Å². The predicted octanol–water partition coefficient (Wildman–Crippen LogP) is 3.81. The number of benzene rings is 3. The van der Waals surface area contributed by atoms with Crippen LogP contribution in [-0.4, -0.2) is 32.5 Å². The summed E-state index contributed by atoms with van der Waals surface area (Å²) in [4.78, 5) is 21.3. The van der Waals surface area contributed by atoms with Crippen molar-refractivity contribution >= 4 is 35.2 Å². The molecule has 0 bridgehead atoms. The molecule has 0 aromatic heterocycles. The highest BCUT2D eigenvalue weighted by Gasteiger charge is 2.24. The maximum atomic E-state index is 11.4. The Bertz CT molecular complexity index is 1100. The SMILES string of the molecule is O=[N+]([O-])c1cc([N+](=O)[O-])c(NN=Cc2ccc(O)cc2)cc1NN=Cc1ccc(O)cc1. The first-order chi connectivity index (χ1) is 15.3. The number of phenolic OH excluding ortho intramolecular Hbond substituents is 2. The van der Waals surface area contributed by atoms with E-state index in [9.17, 15) is 30.4 Å². The van der Waals surface area contributed by atoms with Crippen LogP contribution in [0.1, 0.15) is 11.1 Å². The van der Waals surface area contributed by atoms with Crippen LogP contribution < -0.4 is 10.9 Å². The van der Waals surface area contributed by atoms with Gasteiger partial charge < -0.3 is 10.2 Å². The van der Waals surface area contributed by atoms with Gasteiger partial charge in [0, 0.05) is 6.07 Å². The summed E-state index contributed by atoms with van der Waals surface area (Å²) in [5.74, 6) is 0.148. The van der Waals surface area contributed by atoms with E-state index in [2.05, 4.69) is 21.1 Å². The Balaban J connectivity index is 1.87. The average molecular weight is 436 g/mol. The number of nitrogens with zero attached hydrogens (tertiary/aromatic N) is 4. The van der Waals surface area contributed by atoms with Crippen LogP contribution in [0.25, 0.3) is 0 Å². The molecule has 0 amide bonds. The quantitative estimate of drug-likeness (QED) is 0.234. The van der Waals surface area contributed by atoms with Crippen molar-refractivity contribution in [3.8, 4) is 11.5 Å². The molecular formula is C20H16N6O6. The van der Waals surface area contributed by atoms with Gasteiger partial charge in [-0.2, -0.15) is 10.2 Å². The molecule has 3 aromatic rings. The van der Waals surface area contributed by atoms with Gasteiger partial charge in [0.1, 0.15) is 22.9 Å². The average Bonchev–Trinajstić information content (AvgIpc) is 2.76. The highest BCUT2D eigenvalue weighted by Crippen LogP contribution is 2.36. The predicted molar refractivity (Wildman–Crippen MR) is 118 cm³/mol. The van der Waals surface area contributed by atoms with Crippen molar-refractivity contribution in [3.05, 3.63) is 92.0 Å². The zero-order chi connectivity index (χ0) is 23.1. The van der Waals surface area contributed by atoms with Crippen LogP contribution in [0.5, 0.6) is 11.5 Å². The number of nitro groups is 2. The van der Waals surface area contributed by atoms with E-state index in [-0.39, 0.29) is 22.9 Å². The summed E-state index contributed by atoms with van der Waals surface area (Å²) >= 11 is 0. The van der Waals surface area contributed by atoms with Crippen LogP contribution in [0.2, 0.25) is 0 Å². The van der Waals surface area contributed by atoms with Crippen molar-refractivity contribution in [2.75, 3.05) is 10.9 Å². The molecule has 12 heteroatoms. The van der Waals surface area contributed by atoms with Crippen molar-refractivity contribution in [1.82, 2.24) is 0 Å². The standard InChI is InChI=1S/C20H16N6O6/c27-15-5-1-13(2-6-15)11-21-23-17-9-18(20(26(31)32)10-19(17)25(29)30)24-22-12-14-3-7-16(28)8-4-14/h1-12,23-24,27-28H. The summed E-state index contributed by atoms with van der Waals surface area (Å²) in [5.41, 5.74) is 4.92. The van der Waals surface area contributed by atoms with Crippen molar-refractivity contribution in [2.45, 2.75) is 0 Å². The zero-order valence-corrected chi connectivity index (χ0v) is 16.2. The third-order valence-corrected chi connectivity index (χ3v) is 4.09. The van der Waals surface area contributed by atoms with Crippen LogP contribution in [0.15, 0.2) is 70.9 Å². The van der Waals surface area contributed by atoms with E-state index in [4.69, 9.17) is 0 Å². The van der Waals surface area contributed by atoms with Gasteiger partial charge in [-0.25, -0.2) is 0 Å². The lowest BCUT2D eigenvalue weighted by Gasteiger charge is -2.07. The zero-order valence-electron chi connectivity index (χ0n) is 16.2.